The number of carbonyl (C=O) groups is 1. The van der Waals surface area contributed by atoms with Crippen molar-refractivity contribution in [2.45, 2.75) is 39.2 Å². The molecule has 4 nitrogen and oxygen atoms in total. The average Bonchev–Trinajstić information content (AvgIpc) is 2.16. The lowest BCUT2D eigenvalue weighted by Crippen LogP contribution is -2.39. The molecule has 0 fully saturated rings. The van der Waals surface area contributed by atoms with Crippen molar-refractivity contribution in [1.82, 2.24) is 10.6 Å². The van der Waals surface area contributed by atoms with Crippen molar-refractivity contribution >= 4 is 16.7 Å². The van der Waals surface area contributed by atoms with Gasteiger partial charge >= 0.3 is 0 Å². The molecule has 0 aliphatic rings. The topological polar surface area (TPSA) is 58.2 Å². The van der Waals surface area contributed by atoms with Gasteiger partial charge in [0.15, 0.2) is 0 Å². The average molecular weight is 248 g/mol. The molecule has 0 rings (SSSR count). The Morgan fingerprint density at radius 3 is 2.69 bits per heavy atom. The van der Waals surface area contributed by atoms with Gasteiger partial charge in [-0.25, -0.2) is 0 Å². The Morgan fingerprint density at radius 2 is 2.12 bits per heavy atom. The Balaban J connectivity index is 3.40. The second-order valence-corrected chi connectivity index (χ2v) is 5.62. The van der Waals surface area contributed by atoms with E-state index in [1.807, 2.05) is 6.92 Å². The molecule has 0 aliphatic heterocycles. The minimum atomic E-state index is -0.732. The van der Waals surface area contributed by atoms with Crippen LogP contribution < -0.4 is 10.6 Å². The van der Waals surface area contributed by atoms with Crippen LogP contribution in [0.1, 0.15) is 33.1 Å². The first-order chi connectivity index (χ1) is 7.56. The molecule has 16 heavy (non-hydrogen) atoms. The molecule has 5 heteroatoms. The molecule has 0 saturated carbocycles. The zero-order valence-electron chi connectivity index (χ0n) is 10.5. The zero-order valence-corrected chi connectivity index (χ0v) is 11.4. The van der Waals surface area contributed by atoms with Crippen LogP contribution in [0, 0.1) is 0 Å². The molecule has 0 bridgehead atoms. The summed E-state index contributed by atoms with van der Waals surface area (Å²) in [4.78, 5) is 11.4. The third-order valence-electron chi connectivity index (χ3n) is 2.20. The van der Waals surface area contributed by atoms with Gasteiger partial charge in [0.1, 0.15) is 0 Å². The highest BCUT2D eigenvalue weighted by Gasteiger charge is 2.05. The van der Waals surface area contributed by atoms with E-state index in [-0.39, 0.29) is 11.9 Å². The Morgan fingerprint density at radius 1 is 1.44 bits per heavy atom. The Hall–Kier alpha value is -0.420. The summed E-state index contributed by atoms with van der Waals surface area (Å²) in [5.74, 6) is 0.736. The van der Waals surface area contributed by atoms with Crippen LogP contribution in [0.5, 0.6) is 0 Å². The first-order valence-electron chi connectivity index (χ1n) is 5.86. The SMILES string of the molecule is CCCC(C)NC(=O)CNCCCS(C)=O. The second kappa shape index (κ2) is 9.78. The van der Waals surface area contributed by atoms with E-state index in [1.165, 1.54) is 0 Å². The fraction of sp³-hybridized carbons (Fsp3) is 0.909. The lowest BCUT2D eigenvalue weighted by molar-refractivity contribution is -0.120. The van der Waals surface area contributed by atoms with Crippen molar-refractivity contribution in [2.24, 2.45) is 0 Å². The standard InChI is InChI=1S/C11H24N2O2S/c1-4-6-10(2)13-11(14)9-12-7-5-8-16(3)15/h10,12H,4-9H2,1-3H3,(H,13,14). The van der Waals surface area contributed by atoms with Gasteiger partial charge in [-0.05, 0) is 26.3 Å². The molecular weight excluding hydrogens is 224 g/mol. The number of amides is 1. The largest absolute Gasteiger partial charge is 0.353 e. The smallest absolute Gasteiger partial charge is 0.234 e. The maximum atomic E-state index is 11.4. The minimum Gasteiger partial charge on any atom is -0.353 e. The third kappa shape index (κ3) is 10.1. The molecule has 0 aromatic carbocycles. The van der Waals surface area contributed by atoms with Crippen molar-refractivity contribution in [3.8, 4) is 0 Å². The molecule has 0 aliphatic carbocycles. The number of rotatable bonds is 9. The van der Waals surface area contributed by atoms with Gasteiger partial charge in [-0.15, -0.1) is 0 Å². The quantitative estimate of drug-likeness (QED) is 0.589. The normalized spacial score (nSPS) is 14.4. The van der Waals surface area contributed by atoms with Gasteiger partial charge in [0.2, 0.25) is 5.91 Å². The molecule has 0 aromatic rings. The van der Waals surface area contributed by atoms with E-state index < -0.39 is 10.8 Å². The zero-order chi connectivity index (χ0) is 12.4. The van der Waals surface area contributed by atoms with E-state index in [0.29, 0.717) is 12.3 Å². The molecule has 2 unspecified atom stereocenters. The fourth-order valence-electron chi connectivity index (χ4n) is 1.43. The van der Waals surface area contributed by atoms with E-state index in [4.69, 9.17) is 0 Å². The van der Waals surface area contributed by atoms with Crippen LogP contribution in [0.4, 0.5) is 0 Å². The van der Waals surface area contributed by atoms with E-state index in [2.05, 4.69) is 17.6 Å². The van der Waals surface area contributed by atoms with Gasteiger partial charge in [-0.2, -0.15) is 0 Å². The van der Waals surface area contributed by atoms with Crippen LogP contribution >= 0.6 is 0 Å². The first-order valence-corrected chi connectivity index (χ1v) is 7.59. The molecule has 0 heterocycles. The van der Waals surface area contributed by atoms with Crippen molar-refractivity contribution in [3.63, 3.8) is 0 Å². The predicted octanol–water partition coefficient (Wildman–Crippen LogP) is 0.649. The Kier molecular flexibility index (Phi) is 9.52. The molecular formula is C11H24N2O2S. The number of carbonyl (C=O) groups excluding carboxylic acids is 1. The van der Waals surface area contributed by atoms with Crippen molar-refractivity contribution in [2.75, 3.05) is 25.1 Å². The summed E-state index contributed by atoms with van der Waals surface area (Å²) < 4.78 is 10.8. The highest BCUT2D eigenvalue weighted by Crippen LogP contribution is 1.93. The van der Waals surface area contributed by atoms with Gasteiger partial charge in [0.05, 0.1) is 6.54 Å². The summed E-state index contributed by atoms with van der Waals surface area (Å²) in [5.41, 5.74) is 0. The first kappa shape index (κ1) is 15.6. The van der Waals surface area contributed by atoms with Gasteiger partial charge in [0.25, 0.3) is 0 Å². The van der Waals surface area contributed by atoms with Crippen LogP contribution in [0.3, 0.4) is 0 Å². The van der Waals surface area contributed by atoms with Crippen LogP contribution in [-0.4, -0.2) is 41.3 Å². The van der Waals surface area contributed by atoms with Gasteiger partial charge in [-0.3, -0.25) is 9.00 Å². The fourth-order valence-corrected chi connectivity index (χ4v) is 1.98. The minimum absolute atomic E-state index is 0.0403. The highest BCUT2D eigenvalue weighted by molar-refractivity contribution is 7.84. The van der Waals surface area contributed by atoms with Crippen molar-refractivity contribution in [3.05, 3.63) is 0 Å². The summed E-state index contributed by atoms with van der Waals surface area (Å²) in [6.45, 7) is 5.22. The van der Waals surface area contributed by atoms with Gasteiger partial charge in [-0.1, -0.05) is 13.3 Å². The number of hydrogen-bond donors (Lipinski definition) is 2. The Labute approximate surface area is 101 Å². The van der Waals surface area contributed by atoms with E-state index in [1.54, 1.807) is 6.26 Å². The summed E-state index contributed by atoms with van der Waals surface area (Å²) in [6.07, 6.45) is 4.64. The highest BCUT2D eigenvalue weighted by atomic mass is 32.2. The molecule has 2 N–H and O–H groups in total. The lowest BCUT2D eigenvalue weighted by Gasteiger charge is -2.12. The maximum Gasteiger partial charge on any atom is 0.234 e. The molecule has 0 spiro atoms. The maximum absolute atomic E-state index is 11.4. The third-order valence-corrected chi connectivity index (χ3v) is 3.06. The molecule has 1 amide bonds. The Bertz CT molecular complexity index is 222. The van der Waals surface area contributed by atoms with Crippen molar-refractivity contribution < 1.29 is 9.00 Å². The number of nitrogens with one attached hydrogen (secondary N) is 2. The van der Waals surface area contributed by atoms with Gasteiger partial charge in [0, 0.05) is 28.9 Å². The monoisotopic (exact) mass is 248 g/mol. The summed E-state index contributed by atoms with van der Waals surface area (Å²) in [7, 11) is -0.732. The van der Waals surface area contributed by atoms with Crippen LogP contribution in [0.25, 0.3) is 0 Å². The predicted molar refractivity (Wildman–Crippen MR) is 68.9 cm³/mol. The summed E-state index contributed by atoms with van der Waals surface area (Å²) in [5, 5.41) is 5.96. The summed E-state index contributed by atoms with van der Waals surface area (Å²) in [6, 6.07) is 0.252. The summed E-state index contributed by atoms with van der Waals surface area (Å²) >= 11 is 0. The molecule has 0 aromatic heterocycles. The van der Waals surface area contributed by atoms with E-state index in [9.17, 15) is 9.00 Å². The molecule has 0 radical (unpaired) electrons. The molecule has 0 saturated heterocycles. The van der Waals surface area contributed by atoms with E-state index in [0.717, 1.165) is 25.8 Å². The van der Waals surface area contributed by atoms with Crippen LogP contribution in [0.2, 0.25) is 0 Å². The van der Waals surface area contributed by atoms with Crippen LogP contribution in [-0.2, 0) is 15.6 Å². The van der Waals surface area contributed by atoms with E-state index >= 15 is 0 Å². The van der Waals surface area contributed by atoms with Gasteiger partial charge < -0.3 is 10.6 Å². The lowest BCUT2D eigenvalue weighted by atomic mass is 10.2. The number of hydrogen-bond acceptors (Lipinski definition) is 3. The second-order valence-electron chi connectivity index (χ2n) is 4.06. The molecule has 2 atom stereocenters. The van der Waals surface area contributed by atoms with Crippen molar-refractivity contribution in [1.29, 1.82) is 0 Å². The molecule has 96 valence electrons. The van der Waals surface area contributed by atoms with Crippen LogP contribution in [0.15, 0.2) is 0 Å².